The largest absolute Gasteiger partial charge is 0.481 e. The van der Waals surface area contributed by atoms with E-state index in [0.717, 1.165) is 5.56 Å². The molecule has 5 nitrogen and oxygen atoms in total. The Hall–Kier alpha value is -1.16. The van der Waals surface area contributed by atoms with Gasteiger partial charge in [-0.25, -0.2) is 0 Å². The van der Waals surface area contributed by atoms with Crippen molar-refractivity contribution in [1.82, 2.24) is 0 Å². The van der Waals surface area contributed by atoms with Gasteiger partial charge in [-0.3, -0.25) is 9.36 Å². The Labute approximate surface area is 106 Å². The molecular weight excluding hydrogens is 253 g/mol. The van der Waals surface area contributed by atoms with E-state index in [2.05, 4.69) is 0 Å². The molecule has 0 spiro atoms. The van der Waals surface area contributed by atoms with Crippen LogP contribution < -0.4 is 5.73 Å². The zero-order valence-corrected chi connectivity index (χ0v) is 10.9. The second kappa shape index (κ2) is 6.69. The summed E-state index contributed by atoms with van der Waals surface area (Å²) in [7, 11) is -3.49. The number of aliphatic carboxylic acids is 1. The number of rotatable bonds is 7. The first kappa shape index (κ1) is 14.9. The van der Waals surface area contributed by atoms with Crippen LogP contribution in [0.4, 0.5) is 0 Å². The average Bonchev–Trinajstić information content (AvgIpc) is 2.34. The second-order valence-corrected chi connectivity index (χ2v) is 6.84. The predicted octanol–water partition coefficient (Wildman–Crippen LogP) is 1.65. The van der Waals surface area contributed by atoms with Gasteiger partial charge in [0.2, 0.25) is 7.37 Å². The summed E-state index contributed by atoms with van der Waals surface area (Å²) >= 11 is 0. The lowest BCUT2D eigenvalue weighted by atomic mass is 10.2. The van der Waals surface area contributed by atoms with Crippen LogP contribution in [0, 0.1) is 0 Å². The summed E-state index contributed by atoms with van der Waals surface area (Å²) in [5.41, 5.74) is 6.56. The molecule has 1 rings (SSSR count). The van der Waals surface area contributed by atoms with Gasteiger partial charge in [-0.2, -0.15) is 0 Å². The van der Waals surface area contributed by atoms with Crippen molar-refractivity contribution in [2.24, 2.45) is 5.73 Å². The molecule has 18 heavy (non-hydrogen) atoms. The molecule has 0 fully saturated rings. The first-order valence-electron chi connectivity index (χ1n) is 5.74. The molecule has 0 aliphatic rings. The zero-order chi connectivity index (χ0) is 13.6. The third kappa shape index (κ3) is 5.00. The number of benzene rings is 1. The van der Waals surface area contributed by atoms with Gasteiger partial charge < -0.3 is 15.7 Å². The zero-order valence-electron chi connectivity index (χ0n) is 10.0. The Balaban J connectivity index is 2.48. The highest BCUT2D eigenvalue weighted by Crippen LogP contribution is 2.45. The Bertz CT molecular complexity index is 435. The van der Waals surface area contributed by atoms with Crippen molar-refractivity contribution < 1.29 is 19.4 Å². The maximum Gasteiger partial charge on any atom is 0.303 e. The van der Waals surface area contributed by atoms with Crippen molar-refractivity contribution in [1.29, 1.82) is 0 Å². The molecule has 0 aliphatic heterocycles. The van der Waals surface area contributed by atoms with E-state index in [1.54, 1.807) is 0 Å². The molecule has 0 bridgehead atoms. The van der Waals surface area contributed by atoms with Gasteiger partial charge in [-0.15, -0.1) is 0 Å². The average molecular weight is 271 g/mol. The highest BCUT2D eigenvalue weighted by molar-refractivity contribution is 7.58. The normalized spacial score (nSPS) is 15.9. The molecule has 1 aromatic carbocycles. The lowest BCUT2D eigenvalue weighted by Gasteiger charge is -2.18. The van der Waals surface area contributed by atoms with Gasteiger partial charge in [0.1, 0.15) is 0 Å². The first-order valence-corrected chi connectivity index (χ1v) is 7.66. The van der Waals surface area contributed by atoms with E-state index in [0.29, 0.717) is 6.42 Å². The quantitative estimate of drug-likeness (QED) is 0.654. The van der Waals surface area contributed by atoms with Crippen molar-refractivity contribution in [3.8, 4) is 0 Å². The molecule has 0 amide bonds. The van der Waals surface area contributed by atoms with Crippen LogP contribution in [0.3, 0.4) is 0 Å². The molecule has 6 heteroatoms. The van der Waals surface area contributed by atoms with E-state index >= 15 is 0 Å². The van der Waals surface area contributed by atoms with Crippen LogP contribution in [0.5, 0.6) is 0 Å². The van der Waals surface area contributed by atoms with Crippen LogP contribution in [-0.4, -0.2) is 27.9 Å². The molecule has 1 aromatic rings. The summed E-state index contributed by atoms with van der Waals surface area (Å²) in [6.07, 6.45) is 0.391. The minimum atomic E-state index is -3.49. The van der Waals surface area contributed by atoms with Gasteiger partial charge in [-0.05, 0) is 18.4 Å². The predicted molar refractivity (Wildman–Crippen MR) is 69.7 cm³/mol. The number of hydrogen-bond donors (Lipinski definition) is 3. The molecular formula is C12H18NO4P. The van der Waals surface area contributed by atoms with Crippen molar-refractivity contribution in [2.75, 3.05) is 6.16 Å². The standard InChI is InChI=1S/C12H18NO4P/c13-11(6-7-12(14)15)18(16,17)9-8-10-4-2-1-3-5-10/h1-5,11H,6-9,13H2,(H,14,15)(H,16,17). The summed E-state index contributed by atoms with van der Waals surface area (Å²) < 4.78 is 11.9. The lowest BCUT2D eigenvalue weighted by molar-refractivity contribution is -0.137. The smallest absolute Gasteiger partial charge is 0.303 e. The topological polar surface area (TPSA) is 101 Å². The Morgan fingerprint density at radius 2 is 1.94 bits per heavy atom. The first-order chi connectivity index (χ1) is 8.42. The highest BCUT2D eigenvalue weighted by atomic mass is 31.2. The fourth-order valence-corrected chi connectivity index (χ4v) is 3.02. The molecule has 2 unspecified atom stereocenters. The van der Waals surface area contributed by atoms with E-state index in [4.69, 9.17) is 10.8 Å². The van der Waals surface area contributed by atoms with Crippen LogP contribution >= 0.6 is 7.37 Å². The molecule has 0 aliphatic carbocycles. The number of carboxylic acid groups (broad SMARTS) is 1. The van der Waals surface area contributed by atoms with Gasteiger partial charge in [0, 0.05) is 12.6 Å². The third-order valence-corrected chi connectivity index (χ3v) is 4.89. The van der Waals surface area contributed by atoms with E-state index in [-0.39, 0.29) is 19.0 Å². The van der Waals surface area contributed by atoms with Crippen LogP contribution in [0.15, 0.2) is 30.3 Å². The van der Waals surface area contributed by atoms with Crippen LogP contribution in [0.2, 0.25) is 0 Å². The monoisotopic (exact) mass is 271 g/mol. The SMILES string of the molecule is NC(CCC(=O)O)P(=O)(O)CCc1ccccc1. The van der Waals surface area contributed by atoms with Gasteiger partial charge in [-0.1, -0.05) is 30.3 Å². The summed E-state index contributed by atoms with van der Waals surface area (Å²) in [5.74, 6) is -1.97. The molecule has 4 N–H and O–H groups in total. The molecule has 0 saturated carbocycles. The van der Waals surface area contributed by atoms with Crippen molar-refractivity contribution in [2.45, 2.75) is 25.0 Å². The van der Waals surface area contributed by atoms with Gasteiger partial charge in [0.15, 0.2) is 0 Å². The van der Waals surface area contributed by atoms with Gasteiger partial charge in [0.25, 0.3) is 0 Å². The summed E-state index contributed by atoms with van der Waals surface area (Å²) in [5, 5.41) is 8.51. The van der Waals surface area contributed by atoms with Crippen molar-refractivity contribution in [3.63, 3.8) is 0 Å². The number of aryl methyl sites for hydroxylation is 1. The summed E-state index contributed by atoms with van der Waals surface area (Å²) in [4.78, 5) is 20.2. The fourth-order valence-electron chi connectivity index (χ4n) is 1.57. The Morgan fingerprint density at radius 3 is 2.50 bits per heavy atom. The molecule has 0 radical (unpaired) electrons. The molecule has 0 heterocycles. The fraction of sp³-hybridized carbons (Fsp3) is 0.417. The van der Waals surface area contributed by atoms with Crippen LogP contribution in [0.1, 0.15) is 18.4 Å². The van der Waals surface area contributed by atoms with E-state index in [1.807, 2.05) is 30.3 Å². The summed E-state index contributed by atoms with van der Waals surface area (Å²) in [6.45, 7) is 0. The number of nitrogens with two attached hydrogens (primary N) is 1. The third-order valence-electron chi connectivity index (χ3n) is 2.74. The molecule has 2 atom stereocenters. The number of hydrogen-bond acceptors (Lipinski definition) is 3. The maximum absolute atomic E-state index is 11.9. The Kier molecular flexibility index (Phi) is 5.54. The van der Waals surface area contributed by atoms with Crippen LogP contribution in [0.25, 0.3) is 0 Å². The van der Waals surface area contributed by atoms with E-state index in [9.17, 15) is 14.3 Å². The van der Waals surface area contributed by atoms with Crippen LogP contribution in [-0.2, 0) is 15.8 Å². The van der Waals surface area contributed by atoms with Gasteiger partial charge in [0.05, 0.1) is 5.78 Å². The number of carboxylic acids is 1. The maximum atomic E-state index is 11.9. The van der Waals surface area contributed by atoms with Crippen molar-refractivity contribution >= 4 is 13.3 Å². The number of carbonyl (C=O) groups is 1. The van der Waals surface area contributed by atoms with E-state index < -0.39 is 19.1 Å². The van der Waals surface area contributed by atoms with Gasteiger partial charge >= 0.3 is 5.97 Å². The molecule has 0 saturated heterocycles. The minimum absolute atomic E-state index is 0.0257. The second-order valence-electron chi connectivity index (χ2n) is 4.21. The molecule has 100 valence electrons. The molecule has 0 aromatic heterocycles. The summed E-state index contributed by atoms with van der Waals surface area (Å²) in [6, 6.07) is 9.36. The Morgan fingerprint density at radius 1 is 1.33 bits per heavy atom. The minimum Gasteiger partial charge on any atom is -0.481 e. The highest BCUT2D eigenvalue weighted by Gasteiger charge is 2.27. The van der Waals surface area contributed by atoms with E-state index in [1.165, 1.54) is 0 Å². The lowest BCUT2D eigenvalue weighted by Crippen LogP contribution is -2.23. The van der Waals surface area contributed by atoms with Crippen molar-refractivity contribution in [3.05, 3.63) is 35.9 Å².